The van der Waals surface area contributed by atoms with Gasteiger partial charge in [0.15, 0.2) is 0 Å². The van der Waals surface area contributed by atoms with E-state index in [1.54, 1.807) is 12.0 Å². The molecule has 0 aromatic carbocycles. The molecule has 11 heteroatoms. The molecule has 2 aliphatic heterocycles. The van der Waals surface area contributed by atoms with Crippen LogP contribution in [0.1, 0.15) is 87.0 Å². The second-order valence-electron chi connectivity index (χ2n) is 12.8. The summed E-state index contributed by atoms with van der Waals surface area (Å²) >= 11 is 0. The first kappa shape index (κ1) is 47.5. The molecular weight excluding hydrogens is 694 g/mol. The van der Waals surface area contributed by atoms with Crippen LogP contribution in [0.2, 0.25) is 0 Å². The Morgan fingerprint density at radius 2 is 1.89 bits per heavy atom. The molecule has 0 bridgehead atoms. The molecule has 9 nitrogen and oxygen atoms in total. The van der Waals surface area contributed by atoms with Crippen molar-refractivity contribution in [2.45, 2.75) is 117 Å². The fourth-order valence-electron chi connectivity index (χ4n) is 5.98. The molecule has 0 unspecified atom stereocenters. The van der Waals surface area contributed by atoms with Gasteiger partial charge in [0.1, 0.15) is 6.61 Å². The van der Waals surface area contributed by atoms with Crippen LogP contribution in [0.3, 0.4) is 0 Å². The molecule has 6 atom stereocenters. The molecule has 264 valence electrons. The van der Waals surface area contributed by atoms with Gasteiger partial charge in [-0.25, -0.2) is 4.79 Å². The fourth-order valence-corrected chi connectivity index (χ4v) is 5.98. The topological polar surface area (TPSA) is 95.6 Å². The average molecular weight is 757 g/mol. The third kappa shape index (κ3) is 18.2. The fraction of sp³-hybridized carbons (Fsp3) is 0.771. The number of nitrogens with one attached hydrogen (secondary N) is 1. The number of rotatable bonds is 18. The number of hydrogen-bond acceptors (Lipinski definition) is 7. The second kappa shape index (κ2) is 25.4. The van der Waals surface area contributed by atoms with Gasteiger partial charge in [-0.05, 0) is 77.3 Å². The van der Waals surface area contributed by atoms with Crippen molar-refractivity contribution in [2.24, 2.45) is 11.8 Å². The average Bonchev–Trinajstić information content (AvgIpc) is 3.49. The molecule has 1 N–H and O–H groups in total. The predicted octanol–water partition coefficient (Wildman–Crippen LogP) is 0.335. The van der Waals surface area contributed by atoms with Crippen molar-refractivity contribution in [1.82, 2.24) is 10.2 Å². The molecule has 0 saturated carbocycles. The predicted molar refractivity (Wildman–Crippen MR) is 176 cm³/mol. The van der Waals surface area contributed by atoms with Gasteiger partial charge in [-0.15, -0.1) is 0 Å². The van der Waals surface area contributed by atoms with Gasteiger partial charge in [0.05, 0.1) is 43.2 Å². The number of halogens is 1. The number of ether oxygens (including phenoxy) is 5. The van der Waals surface area contributed by atoms with Crippen LogP contribution in [0.5, 0.6) is 0 Å². The maximum atomic E-state index is 12.3. The van der Waals surface area contributed by atoms with Crippen molar-refractivity contribution in [1.29, 1.82) is 0 Å². The SMILES string of the molecule is CC[C@H](OC)[C@@H](C)OC(C)(C)C[C@H](C)/C=C/C=C(\C)[C@H]1O[C@@H](CNC(=O)CCOCCOC(=O)N2C[CH-]CC2)CC[C@@H]1C.[CH3-].[I-].[Li+]. The van der Waals surface area contributed by atoms with Gasteiger partial charge in [0.25, 0.3) is 0 Å². The van der Waals surface area contributed by atoms with Crippen molar-refractivity contribution in [3.8, 4) is 0 Å². The van der Waals surface area contributed by atoms with Crippen LogP contribution in [-0.4, -0.2) is 93.5 Å². The summed E-state index contributed by atoms with van der Waals surface area (Å²) < 4.78 is 29.0. The van der Waals surface area contributed by atoms with Crippen molar-refractivity contribution in [2.75, 3.05) is 46.6 Å². The third-order valence-electron chi connectivity index (χ3n) is 8.26. The van der Waals surface area contributed by atoms with Gasteiger partial charge in [0, 0.05) is 20.1 Å². The summed E-state index contributed by atoms with van der Waals surface area (Å²) in [4.78, 5) is 25.8. The van der Waals surface area contributed by atoms with E-state index in [0.29, 0.717) is 31.5 Å². The molecule has 0 aromatic heterocycles. The molecule has 2 heterocycles. The van der Waals surface area contributed by atoms with Crippen LogP contribution < -0.4 is 48.2 Å². The zero-order valence-electron chi connectivity index (χ0n) is 30.4. The molecule has 0 aromatic rings. The molecule has 2 saturated heterocycles. The first-order valence-electron chi connectivity index (χ1n) is 16.2. The summed E-state index contributed by atoms with van der Waals surface area (Å²) in [7, 11) is 1.74. The molecule has 0 aliphatic carbocycles. The van der Waals surface area contributed by atoms with Gasteiger partial charge in [0.2, 0.25) is 5.91 Å². The Morgan fingerprint density at radius 3 is 2.52 bits per heavy atom. The zero-order chi connectivity index (χ0) is 31.8. The minimum atomic E-state index is -0.311. The standard InChI is InChI=1S/C34H59N2O7.CH3.HI.Li/c1-9-30(39-8)28(5)43-34(6,7)23-25(2)13-12-14-26(3)32-27(4)15-16-29(42-32)24-35-31(37)17-20-40-21-22-41-33(38)36-18-10-11-19-36;;;/h10,12-14,25,27-30,32H,9,11,15-24H2,1-8H3,(H,35,37);1H3;1H;/q2*-1;;+1/p-1/b13-12+,26-14+;;;/t25-,27+,28-,29-,30+,32-;;;/m1.../s1. The first-order chi connectivity index (χ1) is 20.5. The van der Waals surface area contributed by atoms with Crippen molar-refractivity contribution >= 4 is 12.0 Å². The summed E-state index contributed by atoms with van der Waals surface area (Å²) in [6.45, 7) is 17.7. The molecule has 0 spiro atoms. The van der Waals surface area contributed by atoms with E-state index in [0.717, 1.165) is 32.1 Å². The van der Waals surface area contributed by atoms with E-state index >= 15 is 0 Å². The zero-order valence-corrected chi connectivity index (χ0v) is 32.6. The largest absolute Gasteiger partial charge is 1.00 e. The summed E-state index contributed by atoms with van der Waals surface area (Å²) in [5, 5.41) is 2.99. The number of carbonyl (C=O) groups excluding carboxylic acids is 2. The number of amides is 2. The van der Waals surface area contributed by atoms with Crippen LogP contribution in [0.25, 0.3) is 0 Å². The molecule has 46 heavy (non-hydrogen) atoms. The minimum Gasteiger partial charge on any atom is -1.00 e. The number of likely N-dealkylation sites (tertiary alicyclic amines) is 1. The van der Waals surface area contributed by atoms with Gasteiger partial charge >= 0.3 is 25.0 Å². The number of hydrogen-bond donors (Lipinski definition) is 1. The van der Waals surface area contributed by atoms with E-state index in [1.807, 2.05) is 0 Å². The second-order valence-corrected chi connectivity index (χ2v) is 12.8. The van der Waals surface area contributed by atoms with E-state index in [1.165, 1.54) is 5.57 Å². The molecular formula is C35H62ILiN2O7-2. The number of methoxy groups -OCH3 is 1. The summed E-state index contributed by atoms with van der Waals surface area (Å²) in [5.74, 6) is 0.705. The smallest absolute Gasteiger partial charge is 1.00 e. The van der Waals surface area contributed by atoms with E-state index in [-0.39, 0.29) is 119 Å². The van der Waals surface area contributed by atoms with Crippen LogP contribution in [-0.2, 0) is 28.5 Å². The maximum absolute atomic E-state index is 12.3. The number of carbonyl (C=O) groups is 2. The van der Waals surface area contributed by atoms with Crippen LogP contribution in [0.4, 0.5) is 4.79 Å². The Morgan fingerprint density at radius 1 is 1.17 bits per heavy atom. The van der Waals surface area contributed by atoms with E-state index < -0.39 is 0 Å². The van der Waals surface area contributed by atoms with Crippen molar-refractivity contribution in [3.05, 3.63) is 37.6 Å². The summed E-state index contributed by atoms with van der Waals surface area (Å²) in [6, 6.07) is 0. The van der Waals surface area contributed by atoms with E-state index in [4.69, 9.17) is 23.7 Å². The number of allylic oxidation sites excluding steroid dienone is 3. The van der Waals surface area contributed by atoms with Gasteiger partial charge in [-0.2, -0.15) is 6.42 Å². The Hall–Kier alpha value is -0.613. The van der Waals surface area contributed by atoms with Crippen LogP contribution >= 0.6 is 0 Å². The van der Waals surface area contributed by atoms with Gasteiger partial charge in [-0.3, -0.25) is 4.79 Å². The number of nitrogens with zero attached hydrogens (tertiary/aromatic N) is 1. The molecule has 2 rings (SSSR count). The van der Waals surface area contributed by atoms with E-state index in [9.17, 15) is 9.59 Å². The summed E-state index contributed by atoms with van der Waals surface area (Å²) in [5.41, 5.74) is 0.943. The molecule has 2 amide bonds. The Kier molecular flexibility index (Phi) is 26.2. The first-order valence-corrected chi connectivity index (χ1v) is 16.2. The van der Waals surface area contributed by atoms with Crippen LogP contribution in [0, 0.1) is 25.7 Å². The summed E-state index contributed by atoms with van der Waals surface area (Å²) in [6.07, 6.45) is 13.4. The minimum absolute atomic E-state index is 0. The Bertz CT molecular complexity index is 894. The maximum Gasteiger partial charge on any atom is 1.00 e. The van der Waals surface area contributed by atoms with Crippen molar-refractivity contribution in [3.63, 3.8) is 0 Å². The van der Waals surface area contributed by atoms with E-state index in [2.05, 4.69) is 78.4 Å². The van der Waals surface area contributed by atoms with Crippen molar-refractivity contribution < 1.29 is 76.1 Å². The Labute approximate surface area is 309 Å². The molecule has 2 fully saturated rings. The quantitative estimate of drug-likeness (QED) is 0.0710. The van der Waals surface area contributed by atoms with Gasteiger partial charge in [-0.1, -0.05) is 45.5 Å². The van der Waals surface area contributed by atoms with Gasteiger partial charge < -0.3 is 71.7 Å². The monoisotopic (exact) mass is 756 g/mol. The third-order valence-corrected chi connectivity index (χ3v) is 8.26. The molecule has 2 aliphatic rings. The van der Waals surface area contributed by atoms with Crippen LogP contribution in [0.15, 0.2) is 23.8 Å². The molecule has 0 radical (unpaired) electrons. The Balaban J connectivity index is 0. The normalized spacial score (nSPS) is 22.2.